The summed E-state index contributed by atoms with van der Waals surface area (Å²) in [7, 11) is -1.96. The van der Waals surface area contributed by atoms with Gasteiger partial charge >= 0.3 is 5.97 Å². The third kappa shape index (κ3) is 2.26. The lowest BCUT2D eigenvalue weighted by Gasteiger charge is -2.23. The molecule has 0 amide bonds. The molecule has 2 saturated heterocycles. The van der Waals surface area contributed by atoms with Gasteiger partial charge in [-0.15, -0.1) is 0 Å². The second-order valence-electron chi connectivity index (χ2n) is 5.13. The quantitative estimate of drug-likeness (QED) is 0.780. The van der Waals surface area contributed by atoms with Gasteiger partial charge in [0.05, 0.1) is 17.8 Å². The number of hydrogen-bond donors (Lipinski definition) is 1. The van der Waals surface area contributed by atoms with Crippen LogP contribution in [0.25, 0.3) is 0 Å². The van der Waals surface area contributed by atoms with Gasteiger partial charge in [-0.3, -0.25) is 4.79 Å². The predicted molar refractivity (Wildman–Crippen MR) is 64.6 cm³/mol. The van der Waals surface area contributed by atoms with Crippen molar-refractivity contribution < 1.29 is 23.1 Å². The fraction of sp³-hybridized carbons (Fsp3) is 0.909. The van der Waals surface area contributed by atoms with Crippen molar-refractivity contribution >= 4 is 16.0 Å². The molecule has 4 unspecified atom stereocenters. The lowest BCUT2D eigenvalue weighted by atomic mass is 9.89. The van der Waals surface area contributed by atoms with Gasteiger partial charge in [0.15, 0.2) is 0 Å². The fourth-order valence-electron chi connectivity index (χ4n) is 3.09. The Hall–Kier alpha value is -0.660. The first-order chi connectivity index (χ1) is 8.36. The number of aliphatic carboxylic acids is 1. The molecule has 7 heteroatoms. The smallest absolute Gasteiger partial charge is 0.308 e. The molecule has 0 radical (unpaired) electrons. The minimum Gasteiger partial charge on any atom is -0.481 e. The highest BCUT2D eigenvalue weighted by atomic mass is 32.2. The maximum atomic E-state index is 12.3. The molecule has 0 aromatic heterocycles. The number of methoxy groups -OCH3 is 1. The van der Waals surface area contributed by atoms with Crippen LogP contribution in [0.3, 0.4) is 0 Å². The number of carbonyl (C=O) groups is 1. The van der Waals surface area contributed by atoms with Crippen LogP contribution in [-0.4, -0.2) is 54.8 Å². The Balaban J connectivity index is 2.17. The fourth-order valence-corrected chi connectivity index (χ4v) is 5.30. The summed E-state index contributed by atoms with van der Waals surface area (Å²) < 4.78 is 31.0. The molecule has 104 valence electrons. The van der Waals surface area contributed by atoms with Crippen LogP contribution >= 0.6 is 0 Å². The van der Waals surface area contributed by atoms with E-state index in [2.05, 4.69) is 0 Å². The van der Waals surface area contributed by atoms with Crippen molar-refractivity contribution in [1.82, 2.24) is 4.31 Å². The van der Waals surface area contributed by atoms with Crippen molar-refractivity contribution in [3.05, 3.63) is 0 Å². The van der Waals surface area contributed by atoms with Crippen molar-refractivity contribution in [3.63, 3.8) is 0 Å². The van der Waals surface area contributed by atoms with Crippen molar-refractivity contribution in [3.8, 4) is 0 Å². The van der Waals surface area contributed by atoms with E-state index in [4.69, 9.17) is 9.84 Å². The molecular weight excluding hydrogens is 258 g/mol. The van der Waals surface area contributed by atoms with Crippen molar-refractivity contribution in [2.75, 3.05) is 12.9 Å². The first-order valence-electron chi connectivity index (χ1n) is 6.13. The van der Waals surface area contributed by atoms with Gasteiger partial charge in [0.1, 0.15) is 0 Å². The monoisotopic (exact) mass is 277 g/mol. The third-order valence-corrected chi connectivity index (χ3v) is 6.06. The molecule has 2 fully saturated rings. The molecule has 2 rings (SSSR count). The lowest BCUT2D eigenvalue weighted by Crippen LogP contribution is -2.41. The summed E-state index contributed by atoms with van der Waals surface area (Å²) in [5.41, 5.74) is 0. The highest BCUT2D eigenvalue weighted by molar-refractivity contribution is 7.89. The van der Waals surface area contributed by atoms with Gasteiger partial charge in [0, 0.05) is 19.2 Å². The van der Waals surface area contributed by atoms with Crippen LogP contribution < -0.4 is 0 Å². The van der Waals surface area contributed by atoms with E-state index >= 15 is 0 Å². The van der Waals surface area contributed by atoms with E-state index in [-0.39, 0.29) is 23.9 Å². The molecule has 2 aliphatic heterocycles. The number of carboxylic acid groups (broad SMARTS) is 1. The lowest BCUT2D eigenvalue weighted by molar-refractivity contribution is -0.142. The van der Waals surface area contributed by atoms with Gasteiger partial charge in [0.2, 0.25) is 10.0 Å². The van der Waals surface area contributed by atoms with Crippen molar-refractivity contribution in [1.29, 1.82) is 0 Å². The molecule has 1 N–H and O–H groups in total. The third-order valence-electron chi connectivity index (χ3n) is 3.96. The van der Waals surface area contributed by atoms with Crippen molar-refractivity contribution in [2.24, 2.45) is 5.92 Å². The topological polar surface area (TPSA) is 83.9 Å². The molecule has 0 spiro atoms. The van der Waals surface area contributed by atoms with Crippen LogP contribution in [0.2, 0.25) is 0 Å². The highest BCUT2D eigenvalue weighted by Gasteiger charge is 2.54. The Morgan fingerprint density at radius 1 is 1.50 bits per heavy atom. The van der Waals surface area contributed by atoms with E-state index in [1.54, 1.807) is 6.92 Å². The zero-order valence-electron chi connectivity index (χ0n) is 10.6. The van der Waals surface area contributed by atoms with E-state index < -0.39 is 21.9 Å². The molecule has 0 aliphatic carbocycles. The van der Waals surface area contributed by atoms with Crippen LogP contribution in [0.15, 0.2) is 0 Å². The van der Waals surface area contributed by atoms with Crippen LogP contribution in [-0.2, 0) is 19.6 Å². The van der Waals surface area contributed by atoms with Crippen LogP contribution in [0, 0.1) is 5.92 Å². The summed E-state index contributed by atoms with van der Waals surface area (Å²) in [5.74, 6) is -1.51. The van der Waals surface area contributed by atoms with Gasteiger partial charge in [-0.1, -0.05) is 0 Å². The van der Waals surface area contributed by atoms with E-state index in [1.165, 1.54) is 11.4 Å². The molecule has 0 aromatic rings. The van der Waals surface area contributed by atoms with Gasteiger partial charge in [-0.2, -0.15) is 4.31 Å². The Kier molecular flexibility index (Phi) is 3.66. The maximum absolute atomic E-state index is 12.3. The molecule has 0 aromatic carbocycles. The summed E-state index contributed by atoms with van der Waals surface area (Å²) in [4.78, 5) is 11.1. The van der Waals surface area contributed by atoms with Gasteiger partial charge in [-0.25, -0.2) is 8.42 Å². The van der Waals surface area contributed by atoms with E-state index in [0.717, 1.165) is 6.42 Å². The zero-order chi connectivity index (χ0) is 13.5. The maximum Gasteiger partial charge on any atom is 0.308 e. The Morgan fingerprint density at radius 2 is 2.17 bits per heavy atom. The second kappa shape index (κ2) is 4.79. The largest absolute Gasteiger partial charge is 0.481 e. The molecule has 18 heavy (non-hydrogen) atoms. The van der Waals surface area contributed by atoms with Crippen molar-refractivity contribution in [2.45, 2.75) is 44.4 Å². The summed E-state index contributed by atoms with van der Waals surface area (Å²) in [6.07, 6.45) is 1.50. The number of hydrogen-bond acceptors (Lipinski definition) is 4. The van der Waals surface area contributed by atoms with Gasteiger partial charge < -0.3 is 9.84 Å². The molecule has 4 atom stereocenters. The average molecular weight is 277 g/mol. The van der Waals surface area contributed by atoms with E-state index in [0.29, 0.717) is 12.8 Å². The predicted octanol–water partition coefficient (Wildman–Crippen LogP) is 0.289. The number of carboxylic acids is 1. The number of rotatable bonds is 5. The normalized spacial score (nSPS) is 33.8. The van der Waals surface area contributed by atoms with E-state index in [9.17, 15) is 13.2 Å². The molecule has 2 heterocycles. The Labute approximate surface area is 107 Å². The Morgan fingerprint density at radius 3 is 2.67 bits per heavy atom. The minimum absolute atomic E-state index is 0.0805. The van der Waals surface area contributed by atoms with Crippen LogP contribution in [0.4, 0.5) is 0 Å². The summed E-state index contributed by atoms with van der Waals surface area (Å²) in [6.45, 7) is 1.70. The number of nitrogens with zero attached hydrogens (tertiary/aromatic N) is 1. The van der Waals surface area contributed by atoms with Gasteiger partial charge in [-0.05, 0) is 26.2 Å². The summed E-state index contributed by atoms with van der Waals surface area (Å²) >= 11 is 0. The second-order valence-corrected chi connectivity index (χ2v) is 7.05. The summed E-state index contributed by atoms with van der Waals surface area (Å²) in [6, 6.07) is -0.494. The SMILES string of the molecule is COC(C)CS(=O)(=O)N1C2CCC1C(C(=O)O)C2. The zero-order valence-corrected chi connectivity index (χ0v) is 11.4. The Bertz CT molecular complexity index is 435. The molecule has 6 nitrogen and oxygen atoms in total. The molecule has 0 saturated carbocycles. The minimum atomic E-state index is -3.43. The first-order valence-corrected chi connectivity index (χ1v) is 7.74. The van der Waals surface area contributed by atoms with Crippen LogP contribution in [0.5, 0.6) is 0 Å². The molecule has 2 bridgehead atoms. The summed E-state index contributed by atoms with van der Waals surface area (Å²) in [5, 5.41) is 9.10. The average Bonchev–Trinajstić information content (AvgIpc) is 2.85. The highest BCUT2D eigenvalue weighted by Crippen LogP contribution is 2.43. The number of sulfonamides is 1. The standard InChI is InChI=1S/C11H19NO5S/c1-7(17-2)6-18(15,16)12-8-3-4-10(12)9(5-8)11(13)14/h7-10H,3-6H2,1-2H3,(H,13,14). The first kappa shape index (κ1) is 13.8. The van der Waals surface area contributed by atoms with Crippen LogP contribution in [0.1, 0.15) is 26.2 Å². The van der Waals surface area contributed by atoms with Gasteiger partial charge in [0.25, 0.3) is 0 Å². The number of fused-ring (bicyclic) bond motifs is 2. The van der Waals surface area contributed by atoms with E-state index in [1.807, 2.05) is 0 Å². The molecular formula is C11H19NO5S. The number of ether oxygens (including phenoxy) is 1. The molecule has 2 aliphatic rings.